The molecule has 1 aromatic carbocycles. The van der Waals surface area contributed by atoms with E-state index in [1.807, 2.05) is 0 Å². The quantitative estimate of drug-likeness (QED) is 0.787. The Morgan fingerprint density at radius 3 is 2.76 bits per heavy atom. The van der Waals surface area contributed by atoms with E-state index in [1.54, 1.807) is 0 Å². The van der Waals surface area contributed by atoms with Crippen molar-refractivity contribution in [2.24, 2.45) is 5.92 Å². The highest BCUT2D eigenvalue weighted by Crippen LogP contribution is 2.28. The lowest BCUT2D eigenvalue weighted by Crippen LogP contribution is -2.33. The summed E-state index contributed by atoms with van der Waals surface area (Å²) in [6, 6.07) is 5.23. The standard InChI is InChI=1S/C16H18F3N3O3/c1-11-5-7-21(8-6-11)10-14-15(22(23)25-20-14)12-3-2-4-13(9-12)24-16(17,18)19/h2-4,9,11H,5-8,10H2,1H3. The second-order valence-electron chi connectivity index (χ2n) is 6.26. The summed E-state index contributed by atoms with van der Waals surface area (Å²) >= 11 is 0. The number of alkyl halides is 3. The Morgan fingerprint density at radius 1 is 1.36 bits per heavy atom. The van der Waals surface area contributed by atoms with Crippen LogP contribution < -0.4 is 9.64 Å². The zero-order chi connectivity index (χ0) is 18.0. The molecular formula is C16H18F3N3O3. The normalized spacial score (nSPS) is 17.0. The van der Waals surface area contributed by atoms with Crippen molar-refractivity contribution < 1.29 is 27.4 Å². The van der Waals surface area contributed by atoms with E-state index >= 15 is 0 Å². The number of ether oxygens (including phenoxy) is 1. The van der Waals surface area contributed by atoms with Gasteiger partial charge in [-0.2, -0.15) is 0 Å². The number of piperidine rings is 1. The minimum atomic E-state index is -4.80. The van der Waals surface area contributed by atoms with Crippen LogP contribution in [0.2, 0.25) is 0 Å². The molecule has 1 fully saturated rings. The van der Waals surface area contributed by atoms with E-state index in [-0.39, 0.29) is 16.2 Å². The Kier molecular flexibility index (Phi) is 4.85. The molecule has 0 saturated carbocycles. The van der Waals surface area contributed by atoms with E-state index < -0.39 is 12.1 Å². The van der Waals surface area contributed by atoms with Gasteiger partial charge in [0, 0.05) is 10.7 Å². The fourth-order valence-electron chi connectivity index (χ4n) is 2.92. The molecule has 136 valence electrons. The fourth-order valence-corrected chi connectivity index (χ4v) is 2.92. The van der Waals surface area contributed by atoms with Gasteiger partial charge in [0.05, 0.1) is 6.54 Å². The Hall–Kier alpha value is -2.29. The number of nitrogens with zero attached hydrogens (tertiary/aromatic N) is 3. The van der Waals surface area contributed by atoms with Crippen LogP contribution in [0.3, 0.4) is 0 Å². The van der Waals surface area contributed by atoms with Gasteiger partial charge in [0.1, 0.15) is 5.75 Å². The van der Waals surface area contributed by atoms with Crippen molar-refractivity contribution in [3.8, 4) is 17.0 Å². The third-order valence-electron chi connectivity index (χ3n) is 4.27. The van der Waals surface area contributed by atoms with Crippen molar-refractivity contribution in [3.05, 3.63) is 35.2 Å². The first-order valence-electron chi connectivity index (χ1n) is 7.99. The summed E-state index contributed by atoms with van der Waals surface area (Å²) in [5.74, 6) is 0.262. The van der Waals surface area contributed by atoms with E-state index in [0.29, 0.717) is 18.2 Å². The Labute approximate surface area is 142 Å². The molecule has 0 atom stereocenters. The second-order valence-corrected chi connectivity index (χ2v) is 6.26. The van der Waals surface area contributed by atoms with Gasteiger partial charge in [0.25, 0.3) is 0 Å². The maximum Gasteiger partial charge on any atom is 0.573 e. The monoisotopic (exact) mass is 357 g/mol. The number of benzene rings is 1. The lowest BCUT2D eigenvalue weighted by atomic mass is 9.99. The number of rotatable bonds is 4. The molecule has 9 heteroatoms. The van der Waals surface area contributed by atoms with Crippen molar-refractivity contribution in [3.63, 3.8) is 0 Å². The summed E-state index contributed by atoms with van der Waals surface area (Å²) in [5, 5.41) is 15.7. The fraction of sp³-hybridized carbons (Fsp3) is 0.500. The molecule has 1 aromatic heterocycles. The lowest BCUT2D eigenvalue weighted by molar-refractivity contribution is -0.793. The maximum atomic E-state index is 12.4. The number of halogens is 3. The molecule has 0 amide bonds. The predicted octanol–water partition coefficient (Wildman–Crippen LogP) is 3.11. The van der Waals surface area contributed by atoms with Crippen LogP contribution in [0.1, 0.15) is 25.5 Å². The average molecular weight is 357 g/mol. The molecule has 1 aliphatic heterocycles. The van der Waals surface area contributed by atoms with E-state index in [4.69, 9.17) is 0 Å². The van der Waals surface area contributed by atoms with Crippen LogP contribution in [0.5, 0.6) is 5.75 Å². The minimum absolute atomic E-state index is 0.103. The van der Waals surface area contributed by atoms with E-state index in [2.05, 4.69) is 26.3 Å². The highest BCUT2D eigenvalue weighted by atomic mass is 19.4. The number of hydrogen-bond acceptors (Lipinski definition) is 5. The molecule has 2 aromatic rings. The third kappa shape index (κ3) is 4.41. The first-order valence-corrected chi connectivity index (χ1v) is 7.99. The van der Waals surface area contributed by atoms with Crippen molar-refractivity contribution >= 4 is 0 Å². The number of aromatic nitrogens is 2. The van der Waals surface area contributed by atoms with Gasteiger partial charge in [-0.05, 0) is 48.9 Å². The summed E-state index contributed by atoms with van der Waals surface area (Å²) in [6.45, 7) is 4.36. The second kappa shape index (κ2) is 6.91. The summed E-state index contributed by atoms with van der Waals surface area (Å²) in [7, 11) is 0. The number of hydrogen-bond donors (Lipinski definition) is 0. The molecule has 0 bridgehead atoms. The molecule has 2 heterocycles. The van der Waals surface area contributed by atoms with Gasteiger partial charge in [0.15, 0.2) is 0 Å². The first kappa shape index (κ1) is 17.5. The minimum Gasteiger partial charge on any atom is -0.406 e. The van der Waals surface area contributed by atoms with Crippen LogP contribution in [-0.2, 0) is 6.54 Å². The highest BCUT2D eigenvalue weighted by Gasteiger charge is 2.32. The lowest BCUT2D eigenvalue weighted by Gasteiger charge is -2.28. The van der Waals surface area contributed by atoms with E-state index in [0.717, 1.165) is 32.0 Å². The van der Waals surface area contributed by atoms with Crippen LogP contribution in [0.25, 0.3) is 11.3 Å². The Bertz CT molecular complexity index is 725. The Balaban J connectivity index is 1.83. The van der Waals surface area contributed by atoms with Gasteiger partial charge in [-0.25, -0.2) is 0 Å². The van der Waals surface area contributed by atoms with Crippen molar-refractivity contribution in [2.45, 2.75) is 32.7 Å². The Morgan fingerprint density at radius 2 is 2.08 bits per heavy atom. The summed E-state index contributed by atoms with van der Waals surface area (Å²) in [6.07, 6.45) is -2.69. The largest absolute Gasteiger partial charge is 0.573 e. The molecule has 0 unspecified atom stereocenters. The molecule has 25 heavy (non-hydrogen) atoms. The molecule has 0 N–H and O–H groups in total. The van der Waals surface area contributed by atoms with E-state index in [9.17, 15) is 18.4 Å². The SMILES string of the molecule is CC1CCN(Cc2no[n+]([O-])c2-c2cccc(OC(F)(F)F)c2)CC1. The molecule has 1 saturated heterocycles. The van der Waals surface area contributed by atoms with Gasteiger partial charge in [-0.15, -0.1) is 13.2 Å². The number of likely N-dealkylation sites (tertiary alicyclic amines) is 1. The molecule has 1 aliphatic rings. The molecule has 0 aliphatic carbocycles. The first-order chi connectivity index (χ1) is 11.8. The van der Waals surface area contributed by atoms with Gasteiger partial charge in [-0.3, -0.25) is 9.53 Å². The van der Waals surface area contributed by atoms with Gasteiger partial charge in [0.2, 0.25) is 11.4 Å². The van der Waals surface area contributed by atoms with Crippen LogP contribution in [-0.4, -0.2) is 29.5 Å². The highest BCUT2D eigenvalue weighted by molar-refractivity contribution is 5.60. The van der Waals surface area contributed by atoms with E-state index in [1.165, 1.54) is 18.2 Å². The van der Waals surface area contributed by atoms with Gasteiger partial charge in [-0.1, -0.05) is 19.1 Å². The molecule has 6 nitrogen and oxygen atoms in total. The topological polar surface area (TPSA) is 65.4 Å². The zero-order valence-corrected chi connectivity index (χ0v) is 13.6. The van der Waals surface area contributed by atoms with Gasteiger partial charge < -0.3 is 9.94 Å². The van der Waals surface area contributed by atoms with Crippen molar-refractivity contribution in [1.29, 1.82) is 0 Å². The maximum absolute atomic E-state index is 12.4. The molecule has 3 rings (SSSR count). The molecule has 0 radical (unpaired) electrons. The average Bonchev–Trinajstić information content (AvgIpc) is 2.89. The summed E-state index contributed by atoms with van der Waals surface area (Å²) in [4.78, 5) is 2.37. The van der Waals surface area contributed by atoms with Gasteiger partial charge >= 0.3 is 6.36 Å². The van der Waals surface area contributed by atoms with Crippen LogP contribution in [0.4, 0.5) is 13.2 Å². The smallest absolute Gasteiger partial charge is 0.406 e. The van der Waals surface area contributed by atoms with Crippen LogP contribution >= 0.6 is 0 Å². The molecular weight excluding hydrogens is 339 g/mol. The molecule has 0 spiro atoms. The van der Waals surface area contributed by atoms with Crippen molar-refractivity contribution in [1.82, 2.24) is 10.1 Å². The summed E-state index contributed by atoms with van der Waals surface area (Å²) in [5.41, 5.74) is 0.762. The predicted molar refractivity (Wildman–Crippen MR) is 81.3 cm³/mol. The van der Waals surface area contributed by atoms with Crippen LogP contribution in [0.15, 0.2) is 28.9 Å². The summed E-state index contributed by atoms with van der Waals surface area (Å²) < 4.78 is 45.7. The zero-order valence-electron chi connectivity index (χ0n) is 13.6. The van der Waals surface area contributed by atoms with Crippen LogP contribution in [0, 0.1) is 11.1 Å². The van der Waals surface area contributed by atoms with Crippen molar-refractivity contribution in [2.75, 3.05) is 13.1 Å². The third-order valence-corrected chi connectivity index (χ3v) is 4.27.